The predicted octanol–water partition coefficient (Wildman–Crippen LogP) is 3.67. The lowest BCUT2D eigenvalue weighted by Crippen LogP contribution is -2.31. The molecule has 0 unspecified atom stereocenters. The Hall–Kier alpha value is -1.66. The van der Waals surface area contributed by atoms with Crippen molar-refractivity contribution in [1.82, 2.24) is 4.90 Å². The summed E-state index contributed by atoms with van der Waals surface area (Å²) in [5.41, 5.74) is 7.84. The van der Waals surface area contributed by atoms with E-state index < -0.39 is 4.92 Å². The number of halogens is 2. The number of hydrogen-bond acceptors (Lipinski definition) is 4. The molecule has 2 rings (SSSR count). The van der Waals surface area contributed by atoms with Gasteiger partial charge in [-0.1, -0.05) is 48.0 Å². The van der Waals surface area contributed by atoms with E-state index in [2.05, 4.69) is 17.0 Å². The molecule has 0 amide bonds. The molecule has 5 nitrogen and oxygen atoms in total. The van der Waals surface area contributed by atoms with Crippen molar-refractivity contribution in [2.24, 2.45) is 5.73 Å². The SMILES string of the molecule is Cl.NCCN(CCc1ccccc1)Cc1ccc([N+](=O)[O-])c(Cl)c1. The van der Waals surface area contributed by atoms with Crippen LogP contribution in [0, 0.1) is 10.1 Å². The van der Waals surface area contributed by atoms with E-state index >= 15 is 0 Å². The topological polar surface area (TPSA) is 72.4 Å². The van der Waals surface area contributed by atoms with Gasteiger partial charge >= 0.3 is 0 Å². The Morgan fingerprint density at radius 3 is 2.38 bits per heavy atom. The van der Waals surface area contributed by atoms with Gasteiger partial charge in [-0.2, -0.15) is 0 Å². The van der Waals surface area contributed by atoms with Gasteiger partial charge in [0.1, 0.15) is 5.02 Å². The standard InChI is InChI=1S/C17H20ClN3O2.ClH/c18-16-12-15(6-7-17(16)21(22)23)13-20(11-9-19)10-8-14-4-2-1-3-5-14;/h1-7,12H,8-11,13,19H2;1H. The highest BCUT2D eigenvalue weighted by atomic mass is 35.5. The molecule has 0 radical (unpaired) electrons. The van der Waals surface area contributed by atoms with E-state index in [9.17, 15) is 10.1 Å². The third kappa shape index (κ3) is 6.09. The lowest BCUT2D eigenvalue weighted by Gasteiger charge is -2.21. The summed E-state index contributed by atoms with van der Waals surface area (Å²) in [5.74, 6) is 0. The molecular formula is C17H21Cl2N3O2. The summed E-state index contributed by atoms with van der Waals surface area (Å²) in [6, 6.07) is 15.1. The molecule has 24 heavy (non-hydrogen) atoms. The van der Waals surface area contributed by atoms with E-state index in [1.807, 2.05) is 18.2 Å². The third-order valence-electron chi connectivity index (χ3n) is 3.62. The van der Waals surface area contributed by atoms with Crippen LogP contribution in [0.25, 0.3) is 0 Å². The molecule has 0 aliphatic carbocycles. The van der Waals surface area contributed by atoms with Crippen molar-refractivity contribution in [3.8, 4) is 0 Å². The molecule has 0 heterocycles. The monoisotopic (exact) mass is 369 g/mol. The maximum atomic E-state index is 10.8. The van der Waals surface area contributed by atoms with Crippen LogP contribution in [0.3, 0.4) is 0 Å². The lowest BCUT2D eigenvalue weighted by molar-refractivity contribution is -0.384. The fraction of sp³-hybridized carbons (Fsp3) is 0.294. The number of rotatable bonds is 8. The highest BCUT2D eigenvalue weighted by Crippen LogP contribution is 2.25. The minimum atomic E-state index is -0.473. The molecule has 0 atom stereocenters. The second-order valence-corrected chi connectivity index (χ2v) is 5.75. The molecule has 0 fully saturated rings. The Morgan fingerprint density at radius 2 is 1.79 bits per heavy atom. The van der Waals surface area contributed by atoms with Gasteiger partial charge in [-0.05, 0) is 23.6 Å². The number of nitro groups is 1. The predicted molar refractivity (Wildman–Crippen MR) is 99.8 cm³/mol. The van der Waals surface area contributed by atoms with Crippen molar-refractivity contribution < 1.29 is 4.92 Å². The first kappa shape index (κ1) is 20.4. The number of hydrogen-bond donors (Lipinski definition) is 1. The normalized spacial score (nSPS) is 10.5. The van der Waals surface area contributed by atoms with Crippen LogP contribution in [0.15, 0.2) is 48.5 Å². The van der Waals surface area contributed by atoms with Gasteiger partial charge < -0.3 is 5.73 Å². The molecule has 0 aliphatic heterocycles. The van der Waals surface area contributed by atoms with Crippen LogP contribution in [0.1, 0.15) is 11.1 Å². The van der Waals surface area contributed by atoms with Gasteiger partial charge in [0.2, 0.25) is 0 Å². The molecule has 2 aromatic rings. The average Bonchev–Trinajstić information content (AvgIpc) is 2.53. The maximum absolute atomic E-state index is 10.8. The number of benzene rings is 2. The molecule has 0 aliphatic rings. The molecule has 130 valence electrons. The molecule has 2 aromatic carbocycles. The van der Waals surface area contributed by atoms with E-state index in [1.54, 1.807) is 12.1 Å². The molecule has 0 aromatic heterocycles. The van der Waals surface area contributed by atoms with Crippen LogP contribution in [0.4, 0.5) is 5.69 Å². The highest BCUT2D eigenvalue weighted by molar-refractivity contribution is 6.32. The van der Waals surface area contributed by atoms with Gasteiger partial charge in [-0.25, -0.2) is 0 Å². The number of nitrogens with two attached hydrogens (primary N) is 1. The van der Waals surface area contributed by atoms with Crippen LogP contribution in [0.2, 0.25) is 5.02 Å². The number of nitro benzene ring substituents is 1. The third-order valence-corrected chi connectivity index (χ3v) is 3.92. The summed E-state index contributed by atoms with van der Waals surface area (Å²) in [6.45, 7) is 2.87. The second kappa shape index (κ2) is 10.3. The zero-order chi connectivity index (χ0) is 16.7. The van der Waals surface area contributed by atoms with Crippen LogP contribution in [-0.2, 0) is 13.0 Å². The Labute approximate surface area is 153 Å². The summed E-state index contributed by atoms with van der Waals surface area (Å²) in [6.07, 6.45) is 0.932. The van der Waals surface area contributed by atoms with Crippen molar-refractivity contribution in [1.29, 1.82) is 0 Å². The van der Waals surface area contributed by atoms with Gasteiger partial charge in [0, 0.05) is 32.2 Å². The summed E-state index contributed by atoms with van der Waals surface area (Å²) in [5, 5.41) is 11.0. The van der Waals surface area contributed by atoms with Crippen molar-refractivity contribution in [2.45, 2.75) is 13.0 Å². The molecule has 7 heteroatoms. The fourth-order valence-corrected chi connectivity index (χ4v) is 2.71. The molecule has 0 saturated heterocycles. The Bertz CT molecular complexity index is 654. The van der Waals surface area contributed by atoms with Crippen LogP contribution < -0.4 is 5.73 Å². The van der Waals surface area contributed by atoms with Gasteiger partial charge in [0.15, 0.2) is 0 Å². The summed E-state index contributed by atoms with van der Waals surface area (Å²) >= 11 is 5.97. The summed E-state index contributed by atoms with van der Waals surface area (Å²) in [7, 11) is 0. The Morgan fingerprint density at radius 1 is 1.08 bits per heavy atom. The van der Waals surface area contributed by atoms with Gasteiger partial charge in [0.25, 0.3) is 5.69 Å². The fourth-order valence-electron chi connectivity index (χ4n) is 2.44. The Balaban J connectivity index is 0.00000288. The minimum absolute atomic E-state index is 0. The van der Waals surface area contributed by atoms with Crippen molar-refractivity contribution in [2.75, 3.05) is 19.6 Å². The average molecular weight is 370 g/mol. The van der Waals surface area contributed by atoms with E-state index in [-0.39, 0.29) is 23.1 Å². The van der Waals surface area contributed by atoms with Gasteiger partial charge in [0.05, 0.1) is 4.92 Å². The van der Waals surface area contributed by atoms with E-state index in [0.29, 0.717) is 13.1 Å². The minimum Gasteiger partial charge on any atom is -0.329 e. The van der Waals surface area contributed by atoms with Crippen LogP contribution in [0.5, 0.6) is 0 Å². The van der Waals surface area contributed by atoms with Crippen molar-refractivity contribution in [3.63, 3.8) is 0 Å². The summed E-state index contributed by atoms with van der Waals surface area (Å²) < 4.78 is 0. The highest BCUT2D eigenvalue weighted by Gasteiger charge is 2.13. The molecule has 0 bridgehead atoms. The van der Waals surface area contributed by atoms with E-state index in [0.717, 1.165) is 25.1 Å². The maximum Gasteiger partial charge on any atom is 0.287 e. The van der Waals surface area contributed by atoms with Crippen LogP contribution >= 0.6 is 24.0 Å². The second-order valence-electron chi connectivity index (χ2n) is 5.34. The summed E-state index contributed by atoms with van der Waals surface area (Å²) in [4.78, 5) is 12.6. The zero-order valence-corrected chi connectivity index (χ0v) is 14.8. The smallest absolute Gasteiger partial charge is 0.287 e. The lowest BCUT2D eigenvalue weighted by atomic mass is 10.1. The van der Waals surface area contributed by atoms with E-state index in [4.69, 9.17) is 17.3 Å². The zero-order valence-electron chi connectivity index (χ0n) is 13.2. The van der Waals surface area contributed by atoms with Gasteiger partial charge in [-0.15, -0.1) is 12.4 Å². The molecule has 0 saturated carbocycles. The largest absolute Gasteiger partial charge is 0.329 e. The van der Waals surface area contributed by atoms with Crippen LogP contribution in [-0.4, -0.2) is 29.5 Å². The first-order chi connectivity index (χ1) is 11.1. The quantitative estimate of drug-likeness (QED) is 0.568. The first-order valence-electron chi connectivity index (χ1n) is 7.49. The van der Waals surface area contributed by atoms with E-state index in [1.165, 1.54) is 11.6 Å². The molecule has 0 spiro atoms. The first-order valence-corrected chi connectivity index (χ1v) is 7.87. The molecular weight excluding hydrogens is 349 g/mol. The Kier molecular flexibility index (Phi) is 8.71. The molecule has 2 N–H and O–H groups in total. The number of nitrogens with zero attached hydrogens (tertiary/aromatic N) is 2. The van der Waals surface area contributed by atoms with Crippen molar-refractivity contribution >= 4 is 29.7 Å². The van der Waals surface area contributed by atoms with Crippen molar-refractivity contribution in [3.05, 3.63) is 74.8 Å². The van der Waals surface area contributed by atoms with Gasteiger partial charge in [-0.3, -0.25) is 15.0 Å².